The molecule has 0 aromatic heterocycles. The minimum absolute atomic E-state index is 0.746. The summed E-state index contributed by atoms with van der Waals surface area (Å²) in [5.41, 5.74) is 2.53. The van der Waals surface area contributed by atoms with Crippen LogP contribution in [0.1, 0.15) is 88.2 Å². The number of hydrogen-bond donors (Lipinski definition) is 0. The predicted octanol–water partition coefficient (Wildman–Crippen LogP) is 7.46. The first kappa shape index (κ1) is 18.1. The molecular formula is C25H32. The first-order valence-electron chi connectivity index (χ1n) is 10.3. The van der Waals surface area contributed by atoms with Crippen molar-refractivity contribution in [3.05, 3.63) is 47.5 Å². The first-order valence-corrected chi connectivity index (χ1v) is 10.3. The molecule has 1 aliphatic carbocycles. The van der Waals surface area contributed by atoms with Crippen molar-refractivity contribution in [2.24, 2.45) is 5.92 Å². The maximum atomic E-state index is 5.63. The lowest BCUT2D eigenvalue weighted by Crippen LogP contribution is -2.13. The topological polar surface area (TPSA) is 0 Å². The van der Waals surface area contributed by atoms with Crippen LogP contribution in [0.4, 0.5) is 0 Å². The van der Waals surface area contributed by atoms with E-state index in [1.165, 1.54) is 80.5 Å². The van der Waals surface area contributed by atoms with Crippen LogP contribution in [-0.2, 0) is 0 Å². The first-order chi connectivity index (χ1) is 12.3. The van der Waals surface area contributed by atoms with Crippen LogP contribution >= 0.6 is 0 Å². The van der Waals surface area contributed by atoms with E-state index in [0.717, 1.165) is 17.4 Å². The highest BCUT2D eigenvalue weighted by molar-refractivity contribution is 5.88. The molecule has 0 N–H and O–H groups in total. The normalized spacial score (nSPS) is 20.5. The Morgan fingerprint density at radius 2 is 1.76 bits per heavy atom. The molecule has 0 saturated heterocycles. The number of rotatable bonds is 7. The fraction of sp³-hybridized carbons (Fsp3) is 0.520. The van der Waals surface area contributed by atoms with E-state index >= 15 is 0 Å². The molecule has 3 rings (SSSR count). The predicted molar refractivity (Wildman–Crippen MR) is 110 cm³/mol. The lowest BCUT2D eigenvalue weighted by molar-refractivity contribution is 0.302. The zero-order valence-electron chi connectivity index (χ0n) is 15.8. The summed E-state index contributed by atoms with van der Waals surface area (Å²) in [6, 6.07) is 13.2. The van der Waals surface area contributed by atoms with Crippen molar-refractivity contribution < 1.29 is 0 Å². The second-order valence-corrected chi connectivity index (χ2v) is 7.85. The largest absolute Gasteiger partial charge is 0.115 e. The monoisotopic (exact) mass is 332 g/mol. The van der Waals surface area contributed by atoms with Crippen molar-refractivity contribution >= 4 is 10.8 Å². The summed E-state index contributed by atoms with van der Waals surface area (Å²) in [6.07, 6.45) is 19.7. The molecule has 1 saturated carbocycles. The minimum Gasteiger partial charge on any atom is -0.115 e. The van der Waals surface area contributed by atoms with Gasteiger partial charge >= 0.3 is 0 Å². The molecule has 1 fully saturated rings. The van der Waals surface area contributed by atoms with Crippen LogP contribution in [0.15, 0.2) is 36.4 Å². The number of fused-ring (bicyclic) bond motifs is 1. The van der Waals surface area contributed by atoms with Gasteiger partial charge in [-0.2, -0.15) is 0 Å². The Kier molecular flexibility index (Phi) is 6.57. The number of unbranched alkanes of at least 4 members (excludes halogenated alkanes) is 4. The number of benzene rings is 2. The lowest BCUT2D eigenvalue weighted by atomic mass is 9.76. The number of terminal acetylenes is 1. The standard InChI is InChI=1S/C25H32/c1-3-5-6-7-8-10-20-13-15-22(16-14-20)23-17-18-25-21(4-2)11-9-12-24(25)19-23/h2,9,11-12,17-20,22H,3,5-8,10,13-16H2,1H3. The van der Waals surface area contributed by atoms with Crippen LogP contribution in [0.3, 0.4) is 0 Å². The maximum Gasteiger partial charge on any atom is 0.0321 e. The van der Waals surface area contributed by atoms with Crippen LogP contribution in [0.5, 0.6) is 0 Å². The third-order valence-electron chi connectivity index (χ3n) is 6.09. The van der Waals surface area contributed by atoms with Gasteiger partial charge in [0.15, 0.2) is 0 Å². The van der Waals surface area contributed by atoms with E-state index in [0.29, 0.717) is 0 Å². The van der Waals surface area contributed by atoms with Crippen LogP contribution in [0, 0.1) is 18.3 Å². The van der Waals surface area contributed by atoms with E-state index in [1.54, 1.807) is 0 Å². The van der Waals surface area contributed by atoms with Crippen molar-refractivity contribution in [1.82, 2.24) is 0 Å². The molecule has 1 aliphatic rings. The molecule has 0 aliphatic heterocycles. The second-order valence-electron chi connectivity index (χ2n) is 7.85. The van der Waals surface area contributed by atoms with Gasteiger partial charge in [-0.05, 0) is 59.9 Å². The third-order valence-corrected chi connectivity index (χ3v) is 6.09. The van der Waals surface area contributed by atoms with Crippen molar-refractivity contribution in [1.29, 1.82) is 0 Å². The zero-order chi connectivity index (χ0) is 17.5. The Bertz CT molecular complexity index is 710. The molecule has 0 spiro atoms. The molecular weight excluding hydrogens is 300 g/mol. The van der Waals surface area contributed by atoms with Gasteiger partial charge < -0.3 is 0 Å². The van der Waals surface area contributed by atoms with Crippen molar-refractivity contribution in [2.45, 2.75) is 77.0 Å². The van der Waals surface area contributed by atoms with Gasteiger partial charge in [-0.15, -0.1) is 6.42 Å². The van der Waals surface area contributed by atoms with Gasteiger partial charge in [0.2, 0.25) is 0 Å². The zero-order valence-corrected chi connectivity index (χ0v) is 15.8. The van der Waals surface area contributed by atoms with Gasteiger partial charge in [0.1, 0.15) is 0 Å². The van der Waals surface area contributed by atoms with E-state index in [9.17, 15) is 0 Å². The van der Waals surface area contributed by atoms with E-state index < -0.39 is 0 Å². The molecule has 0 bridgehead atoms. The van der Waals surface area contributed by atoms with Gasteiger partial charge in [-0.3, -0.25) is 0 Å². The van der Waals surface area contributed by atoms with Crippen LogP contribution in [-0.4, -0.2) is 0 Å². The molecule has 132 valence electrons. The Morgan fingerprint density at radius 3 is 2.52 bits per heavy atom. The SMILES string of the molecule is C#Cc1cccc2cc(C3CCC(CCCCCCC)CC3)ccc12. The summed E-state index contributed by atoms with van der Waals surface area (Å²) in [6.45, 7) is 2.29. The molecule has 0 nitrogen and oxygen atoms in total. The van der Waals surface area contributed by atoms with Crippen LogP contribution in [0.2, 0.25) is 0 Å². The summed E-state index contributed by atoms with van der Waals surface area (Å²) in [4.78, 5) is 0. The Morgan fingerprint density at radius 1 is 0.960 bits per heavy atom. The lowest BCUT2D eigenvalue weighted by Gasteiger charge is -2.29. The summed E-state index contributed by atoms with van der Waals surface area (Å²) in [5, 5.41) is 2.51. The third kappa shape index (κ3) is 4.66. The van der Waals surface area contributed by atoms with E-state index in [-0.39, 0.29) is 0 Å². The highest BCUT2D eigenvalue weighted by Crippen LogP contribution is 2.38. The van der Waals surface area contributed by atoms with E-state index in [2.05, 4.69) is 43.2 Å². The summed E-state index contributed by atoms with van der Waals surface area (Å²) in [7, 11) is 0. The highest BCUT2D eigenvalue weighted by atomic mass is 14.3. The molecule has 0 amide bonds. The fourth-order valence-electron chi connectivity index (χ4n) is 4.50. The van der Waals surface area contributed by atoms with Gasteiger partial charge in [0.25, 0.3) is 0 Å². The quantitative estimate of drug-likeness (QED) is 0.365. The molecule has 2 aromatic carbocycles. The summed E-state index contributed by atoms with van der Waals surface area (Å²) >= 11 is 0. The Labute approximate surface area is 154 Å². The van der Waals surface area contributed by atoms with Gasteiger partial charge in [-0.25, -0.2) is 0 Å². The van der Waals surface area contributed by atoms with Crippen molar-refractivity contribution in [3.63, 3.8) is 0 Å². The van der Waals surface area contributed by atoms with Crippen LogP contribution in [0.25, 0.3) is 10.8 Å². The molecule has 0 heterocycles. The molecule has 0 unspecified atom stereocenters. The fourth-order valence-corrected chi connectivity index (χ4v) is 4.50. The minimum atomic E-state index is 0.746. The smallest absolute Gasteiger partial charge is 0.0321 e. The Balaban J connectivity index is 1.54. The molecule has 2 aromatic rings. The molecule has 0 atom stereocenters. The Hall–Kier alpha value is -1.74. The van der Waals surface area contributed by atoms with Gasteiger partial charge in [0, 0.05) is 5.56 Å². The van der Waals surface area contributed by atoms with Crippen LogP contribution < -0.4 is 0 Å². The highest BCUT2D eigenvalue weighted by Gasteiger charge is 2.22. The number of hydrogen-bond acceptors (Lipinski definition) is 0. The summed E-state index contributed by atoms with van der Waals surface area (Å²) < 4.78 is 0. The molecule has 0 heteroatoms. The average Bonchev–Trinajstić information content (AvgIpc) is 2.67. The van der Waals surface area contributed by atoms with E-state index in [1.807, 2.05) is 6.07 Å². The van der Waals surface area contributed by atoms with Crippen molar-refractivity contribution in [3.8, 4) is 12.3 Å². The maximum absolute atomic E-state index is 5.63. The second kappa shape index (κ2) is 9.10. The molecule has 25 heavy (non-hydrogen) atoms. The van der Waals surface area contributed by atoms with Gasteiger partial charge in [0.05, 0.1) is 0 Å². The molecule has 0 radical (unpaired) electrons. The summed E-state index contributed by atoms with van der Waals surface area (Å²) in [5.74, 6) is 4.53. The van der Waals surface area contributed by atoms with Gasteiger partial charge in [-0.1, -0.05) is 81.7 Å². The van der Waals surface area contributed by atoms with E-state index in [4.69, 9.17) is 6.42 Å². The average molecular weight is 333 g/mol. The van der Waals surface area contributed by atoms with Crippen molar-refractivity contribution in [2.75, 3.05) is 0 Å².